The largest absolute Gasteiger partial charge is 0.478 e. The monoisotopic (exact) mass is 265 g/mol. The first-order valence-corrected chi connectivity index (χ1v) is 6.85. The van der Waals surface area contributed by atoms with Crippen LogP contribution in [0.2, 0.25) is 0 Å². The van der Waals surface area contributed by atoms with E-state index in [-0.39, 0.29) is 12.0 Å². The Morgan fingerprint density at radius 1 is 1.47 bits per heavy atom. The van der Waals surface area contributed by atoms with Crippen molar-refractivity contribution in [3.63, 3.8) is 0 Å². The summed E-state index contributed by atoms with van der Waals surface area (Å²) in [5, 5.41) is 7.23. The van der Waals surface area contributed by atoms with Crippen LogP contribution < -0.4 is 10.1 Å². The Balaban J connectivity index is 1.67. The van der Waals surface area contributed by atoms with Crippen LogP contribution >= 0.6 is 0 Å². The van der Waals surface area contributed by atoms with Crippen molar-refractivity contribution in [1.29, 1.82) is 0 Å². The maximum absolute atomic E-state index is 12.1. The number of hydrogen-bond donors (Lipinski definition) is 1. The number of ether oxygens (including phenoxy) is 2. The molecule has 6 heteroatoms. The van der Waals surface area contributed by atoms with E-state index >= 15 is 0 Å². The number of aryl methyl sites for hydroxylation is 1. The van der Waals surface area contributed by atoms with E-state index in [2.05, 4.69) is 10.4 Å². The third-order valence-electron chi connectivity index (χ3n) is 3.61. The first kappa shape index (κ1) is 12.5. The van der Waals surface area contributed by atoms with Crippen LogP contribution in [0, 0.1) is 6.92 Å². The molecule has 19 heavy (non-hydrogen) atoms. The standard InChI is InChI=1S/C13H19N3O3/c1-9-11(15-16-5-3-7-19-13(9)16)12(17)14-8-10-4-2-6-18-10/h10H,2-8H2,1H3,(H,14,17). The summed E-state index contributed by atoms with van der Waals surface area (Å²) in [6.45, 7) is 4.75. The number of carbonyl (C=O) groups is 1. The van der Waals surface area contributed by atoms with Crippen molar-refractivity contribution in [3.8, 4) is 5.88 Å². The predicted molar refractivity (Wildman–Crippen MR) is 68.4 cm³/mol. The summed E-state index contributed by atoms with van der Waals surface area (Å²) in [7, 11) is 0. The summed E-state index contributed by atoms with van der Waals surface area (Å²) in [6, 6.07) is 0. The molecule has 1 saturated heterocycles. The van der Waals surface area contributed by atoms with Crippen LogP contribution in [0.1, 0.15) is 35.3 Å². The van der Waals surface area contributed by atoms with Crippen LogP contribution in [0.4, 0.5) is 0 Å². The molecule has 3 heterocycles. The maximum Gasteiger partial charge on any atom is 0.272 e. The molecule has 0 aromatic carbocycles. The van der Waals surface area contributed by atoms with Gasteiger partial charge in [0.2, 0.25) is 5.88 Å². The minimum absolute atomic E-state index is 0.140. The van der Waals surface area contributed by atoms with E-state index in [1.807, 2.05) is 6.92 Å². The van der Waals surface area contributed by atoms with Gasteiger partial charge in [-0.2, -0.15) is 5.10 Å². The first-order chi connectivity index (χ1) is 9.25. The first-order valence-electron chi connectivity index (χ1n) is 6.85. The third kappa shape index (κ3) is 2.45. The molecule has 0 aliphatic carbocycles. The average molecular weight is 265 g/mol. The predicted octanol–water partition coefficient (Wildman–Crippen LogP) is 0.883. The Morgan fingerprint density at radius 3 is 3.11 bits per heavy atom. The second-order valence-corrected chi connectivity index (χ2v) is 5.05. The van der Waals surface area contributed by atoms with Gasteiger partial charge in [-0.25, -0.2) is 4.68 Å². The molecule has 0 saturated carbocycles. The van der Waals surface area contributed by atoms with Gasteiger partial charge in [-0.1, -0.05) is 0 Å². The molecule has 1 fully saturated rings. The van der Waals surface area contributed by atoms with Gasteiger partial charge in [-0.15, -0.1) is 0 Å². The Labute approximate surface area is 112 Å². The van der Waals surface area contributed by atoms with E-state index < -0.39 is 0 Å². The lowest BCUT2D eigenvalue weighted by Gasteiger charge is -2.14. The molecule has 0 bridgehead atoms. The minimum Gasteiger partial charge on any atom is -0.478 e. The summed E-state index contributed by atoms with van der Waals surface area (Å²) < 4.78 is 12.8. The van der Waals surface area contributed by atoms with Gasteiger partial charge in [0.05, 0.1) is 12.7 Å². The molecule has 1 unspecified atom stereocenters. The summed E-state index contributed by atoms with van der Waals surface area (Å²) in [5.74, 6) is 0.590. The highest BCUT2D eigenvalue weighted by Gasteiger charge is 2.24. The fourth-order valence-electron chi connectivity index (χ4n) is 2.56. The van der Waals surface area contributed by atoms with Gasteiger partial charge < -0.3 is 14.8 Å². The van der Waals surface area contributed by atoms with Crippen molar-refractivity contribution < 1.29 is 14.3 Å². The molecule has 1 aromatic heterocycles. The fourth-order valence-corrected chi connectivity index (χ4v) is 2.56. The lowest BCUT2D eigenvalue weighted by atomic mass is 10.2. The number of aromatic nitrogens is 2. The van der Waals surface area contributed by atoms with Gasteiger partial charge in [0.25, 0.3) is 5.91 Å². The average Bonchev–Trinajstić information content (AvgIpc) is 3.05. The zero-order valence-electron chi connectivity index (χ0n) is 11.1. The van der Waals surface area contributed by atoms with Crippen molar-refractivity contribution in [2.75, 3.05) is 19.8 Å². The molecule has 2 aliphatic rings. The minimum atomic E-state index is -0.140. The van der Waals surface area contributed by atoms with Gasteiger partial charge in [0, 0.05) is 31.7 Å². The molecule has 1 amide bonds. The third-order valence-corrected chi connectivity index (χ3v) is 3.61. The molecule has 3 rings (SSSR count). The quantitative estimate of drug-likeness (QED) is 0.881. The van der Waals surface area contributed by atoms with E-state index in [1.165, 1.54) is 0 Å². The number of nitrogens with zero attached hydrogens (tertiary/aromatic N) is 2. The Morgan fingerprint density at radius 2 is 2.37 bits per heavy atom. The highest BCUT2D eigenvalue weighted by molar-refractivity contribution is 5.94. The normalized spacial score (nSPS) is 21.8. The topological polar surface area (TPSA) is 65.4 Å². The highest BCUT2D eigenvalue weighted by atomic mass is 16.5. The smallest absolute Gasteiger partial charge is 0.272 e. The molecule has 1 atom stereocenters. The summed E-state index contributed by atoms with van der Waals surface area (Å²) in [6.07, 6.45) is 3.18. The molecule has 104 valence electrons. The maximum atomic E-state index is 12.1. The number of amides is 1. The molecule has 0 radical (unpaired) electrons. The number of nitrogens with one attached hydrogen (secondary N) is 1. The molecule has 0 spiro atoms. The number of hydrogen-bond acceptors (Lipinski definition) is 4. The lowest BCUT2D eigenvalue weighted by molar-refractivity contribution is 0.0852. The summed E-state index contributed by atoms with van der Waals surface area (Å²) in [5.41, 5.74) is 1.29. The van der Waals surface area contributed by atoms with E-state index in [4.69, 9.17) is 9.47 Å². The second kappa shape index (κ2) is 5.21. The molecule has 1 N–H and O–H groups in total. The fraction of sp³-hybridized carbons (Fsp3) is 0.692. The highest BCUT2D eigenvalue weighted by Crippen LogP contribution is 2.24. The van der Waals surface area contributed by atoms with E-state index in [9.17, 15) is 4.79 Å². The second-order valence-electron chi connectivity index (χ2n) is 5.05. The van der Waals surface area contributed by atoms with Gasteiger partial charge in [0.15, 0.2) is 5.69 Å². The lowest BCUT2D eigenvalue weighted by Crippen LogP contribution is -2.32. The van der Waals surface area contributed by atoms with Gasteiger partial charge in [-0.3, -0.25) is 4.79 Å². The summed E-state index contributed by atoms with van der Waals surface area (Å²) in [4.78, 5) is 12.1. The zero-order valence-corrected chi connectivity index (χ0v) is 11.1. The molecule has 6 nitrogen and oxygen atoms in total. The van der Waals surface area contributed by atoms with Crippen molar-refractivity contribution >= 4 is 5.91 Å². The van der Waals surface area contributed by atoms with Gasteiger partial charge in [0.1, 0.15) is 0 Å². The van der Waals surface area contributed by atoms with Crippen LogP contribution in [0.5, 0.6) is 5.88 Å². The van der Waals surface area contributed by atoms with Crippen LogP contribution in [-0.4, -0.2) is 41.6 Å². The van der Waals surface area contributed by atoms with E-state index in [0.717, 1.165) is 43.9 Å². The number of carbonyl (C=O) groups excluding carboxylic acids is 1. The van der Waals surface area contributed by atoms with Gasteiger partial charge >= 0.3 is 0 Å². The number of rotatable bonds is 3. The Hall–Kier alpha value is -1.56. The molecule has 2 aliphatic heterocycles. The van der Waals surface area contributed by atoms with Crippen LogP contribution in [0.3, 0.4) is 0 Å². The molecular formula is C13H19N3O3. The Bertz CT molecular complexity index is 478. The van der Waals surface area contributed by atoms with Gasteiger partial charge in [-0.05, 0) is 19.8 Å². The molecular weight excluding hydrogens is 246 g/mol. The Kier molecular flexibility index (Phi) is 3.42. The van der Waals surface area contributed by atoms with E-state index in [0.29, 0.717) is 18.8 Å². The SMILES string of the molecule is Cc1c(C(=O)NCC2CCCO2)nn2c1OCCC2. The van der Waals surface area contributed by atoms with Crippen molar-refractivity contribution in [2.24, 2.45) is 0 Å². The van der Waals surface area contributed by atoms with Crippen LogP contribution in [0.15, 0.2) is 0 Å². The van der Waals surface area contributed by atoms with E-state index in [1.54, 1.807) is 4.68 Å². The van der Waals surface area contributed by atoms with Crippen molar-refractivity contribution in [2.45, 2.75) is 38.8 Å². The van der Waals surface area contributed by atoms with Crippen molar-refractivity contribution in [1.82, 2.24) is 15.1 Å². The zero-order chi connectivity index (χ0) is 13.2. The van der Waals surface area contributed by atoms with Crippen molar-refractivity contribution in [3.05, 3.63) is 11.3 Å². The number of fused-ring (bicyclic) bond motifs is 1. The van der Waals surface area contributed by atoms with Crippen LogP contribution in [0.25, 0.3) is 0 Å². The summed E-state index contributed by atoms with van der Waals surface area (Å²) >= 11 is 0. The molecule has 1 aromatic rings. The van der Waals surface area contributed by atoms with Crippen LogP contribution in [-0.2, 0) is 11.3 Å².